The Morgan fingerprint density at radius 2 is 1.72 bits per heavy atom. The number of aryl methyl sites for hydroxylation is 1. The number of aromatic nitrogens is 2. The van der Waals surface area contributed by atoms with E-state index in [1.54, 1.807) is 26.4 Å². The highest BCUT2D eigenvalue weighted by molar-refractivity contribution is 6.00. The summed E-state index contributed by atoms with van der Waals surface area (Å²) in [6.07, 6.45) is 6.05. The molecule has 0 N–H and O–H groups in total. The summed E-state index contributed by atoms with van der Waals surface area (Å²) < 4.78 is 17.0. The monoisotopic (exact) mass is 577 g/mol. The average molecular weight is 578 g/mol. The second-order valence-corrected chi connectivity index (χ2v) is 12.0. The van der Waals surface area contributed by atoms with Crippen LogP contribution in [0.5, 0.6) is 23.1 Å². The second-order valence-electron chi connectivity index (χ2n) is 12.0. The Morgan fingerprint density at radius 1 is 0.953 bits per heavy atom. The maximum Gasteiger partial charge on any atom is 0.230 e. The van der Waals surface area contributed by atoms with Gasteiger partial charge in [0.15, 0.2) is 11.5 Å². The lowest BCUT2D eigenvalue weighted by molar-refractivity contribution is -0.118. The molecule has 222 valence electrons. The van der Waals surface area contributed by atoms with Crippen LogP contribution in [-0.4, -0.2) is 35.7 Å². The van der Waals surface area contributed by atoms with Crippen molar-refractivity contribution < 1.29 is 19.0 Å². The van der Waals surface area contributed by atoms with E-state index in [0.29, 0.717) is 46.9 Å². The molecule has 0 amide bonds. The molecule has 0 unspecified atom stereocenters. The summed E-state index contributed by atoms with van der Waals surface area (Å²) in [4.78, 5) is 27.0. The predicted molar refractivity (Wildman–Crippen MR) is 171 cm³/mol. The summed E-state index contributed by atoms with van der Waals surface area (Å²) in [5.41, 5.74) is 6.38. The minimum absolute atomic E-state index is 0.0662. The lowest BCUT2D eigenvalue weighted by Crippen LogP contribution is -2.23. The highest BCUT2D eigenvalue weighted by atomic mass is 16.5. The zero-order valence-corrected chi connectivity index (χ0v) is 25.8. The molecular formula is C36H39N3O4. The third kappa shape index (κ3) is 7.11. The minimum Gasteiger partial charge on any atom is -0.493 e. The number of hydrogen-bond acceptors (Lipinski definition) is 7. The van der Waals surface area contributed by atoms with E-state index in [9.17, 15) is 4.79 Å². The van der Waals surface area contributed by atoms with Gasteiger partial charge in [-0.25, -0.2) is 9.97 Å². The Balaban J connectivity index is 1.27. The molecule has 1 atom stereocenters. The van der Waals surface area contributed by atoms with E-state index < -0.39 is 0 Å². The summed E-state index contributed by atoms with van der Waals surface area (Å²) >= 11 is 0. The Morgan fingerprint density at radius 3 is 2.47 bits per heavy atom. The van der Waals surface area contributed by atoms with Crippen molar-refractivity contribution in [3.8, 4) is 23.1 Å². The Labute approximate surface area is 253 Å². The molecule has 0 saturated carbocycles. The van der Waals surface area contributed by atoms with Gasteiger partial charge in [-0.1, -0.05) is 62.7 Å². The van der Waals surface area contributed by atoms with Gasteiger partial charge in [-0.05, 0) is 60.7 Å². The number of nitrogens with zero attached hydrogens (tertiary/aromatic N) is 3. The Kier molecular flexibility index (Phi) is 8.90. The van der Waals surface area contributed by atoms with Crippen LogP contribution < -0.4 is 14.2 Å². The molecule has 0 spiro atoms. The van der Waals surface area contributed by atoms with Gasteiger partial charge >= 0.3 is 0 Å². The number of dihydropyridines is 1. The van der Waals surface area contributed by atoms with E-state index in [0.717, 1.165) is 24.1 Å². The molecule has 7 nitrogen and oxygen atoms in total. The predicted octanol–water partition coefficient (Wildman–Crippen LogP) is 8.20. The molecule has 0 fully saturated rings. The SMILES string of the molecule is COc1cc2ncnc(Oc3cccc(CC(=O)CCC4=CC(C(C)(C)C)=N[C@H](c5ccccc5C)C4)c3)c2cc1OC. The molecule has 0 aliphatic carbocycles. The van der Waals surface area contributed by atoms with Crippen LogP contribution >= 0.6 is 0 Å². The van der Waals surface area contributed by atoms with Gasteiger partial charge in [-0.15, -0.1) is 0 Å². The lowest BCUT2D eigenvalue weighted by Gasteiger charge is -2.28. The fourth-order valence-corrected chi connectivity index (χ4v) is 5.36. The summed E-state index contributed by atoms with van der Waals surface area (Å²) in [6, 6.07) is 19.7. The number of allylic oxidation sites excluding steroid dienone is 1. The van der Waals surface area contributed by atoms with Gasteiger partial charge in [0.1, 0.15) is 17.9 Å². The van der Waals surface area contributed by atoms with Crippen LogP contribution in [-0.2, 0) is 11.2 Å². The number of aliphatic imine (C=N–C) groups is 1. The Hall–Kier alpha value is -4.52. The van der Waals surface area contributed by atoms with Gasteiger partial charge in [0.25, 0.3) is 0 Å². The van der Waals surface area contributed by atoms with Crippen molar-refractivity contribution >= 4 is 22.4 Å². The molecule has 0 bridgehead atoms. The van der Waals surface area contributed by atoms with Crippen molar-refractivity contribution in [2.75, 3.05) is 14.2 Å². The molecule has 7 heteroatoms. The molecule has 0 saturated heterocycles. The quantitative estimate of drug-likeness (QED) is 0.189. The first-order valence-electron chi connectivity index (χ1n) is 14.6. The molecular weight excluding hydrogens is 538 g/mol. The second kappa shape index (κ2) is 12.8. The van der Waals surface area contributed by atoms with Crippen molar-refractivity contribution in [2.24, 2.45) is 10.4 Å². The summed E-state index contributed by atoms with van der Waals surface area (Å²) in [5.74, 6) is 2.33. The van der Waals surface area contributed by atoms with Gasteiger partial charge in [-0.2, -0.15) is 0 Å². The zero-order chi connectivity index (χ0) is 30.6. The van der Waals surface area contributed by atoms with Crippen LogP contribution in [0.1, 0.15) is 62.8 Å². The van der Waals surface area contributed by atoms with Crippen LogP contribution in [0.4, 0.5) is 0 Å². The molecule has 43 heavy (non-hydrogen) atoms. The first-order chi connectivity index (χ1) is 20.6. The van der Waals surface area contributed by atoms with Crippen LogP contribution in [0.2, 0.25) is 0 Å². The van der Waals surface area contributed by atoms with Crippen molar-refractivity contribution in [3.05, 3.63) is 95.3 Å². The van der Waals surface area contributed by atoms with Crippen molar-refractivity contribution in [1.29, 1.82) is 0 Å². The van der Waals surface area contributed by atoms with E-state index in [1.807, 2.05) is 24.3 Å². The standard InChI is InChI=1S/C36H39N3O4/c1-23-10-7-8-13-28(23)31-18-25(19-34(39-31)36(2,3)4)14-15-26(40)16-24-11-9-12-27(17-24)43-35-29-20-32(41-5)33(42-6)21-30(29)37-22-38-35/h7-13,17,19-22,31H,14-16,18H2,1-6H3/t31-/m0/s1. The minimum atomic E-state index is -0.0662. The number of rotatable bonds is 10. The van der Waals surface area contributed by atoms with Gasteiger partial charge < -0.3 is 14.2 Å². The Bertz CT molecular complexity index is 1700. The lowest BCUT2D eigenvalue weighted by atomic mass is 9.83. The summed E-state index contributed by atoms with van der Waals surface area (Å²) in [7, 11) is 3.17. The average Bonchev–Trinajstić information content (AvgIpc) is 2.99. The maximum absolute atomic E-state index is 13.2. The van der Waals surface area contributed by atoms with E-state index in [2.05, 4.69) is 68.0 Å². The molecule has 1 aliphatic rings. The third-order valence-corrected chi connectivity index (χ3v) is 7.75. The number of hydrogen-bond donors (Lipinski definition) is 0. The first-order valence-corrected chi connectivity index (χ1v) is 14.6. The van der Waals surface area contributed by atoms with Gasteiger partial charge in [-0.3, -0.25) is 9.79 Å². The van der Waals surface area contributed by atoms with Gasteiger partial charge in [0, 0.05) is 30.0 Å². The summed E-state index contributed by atoms with van der Waals surface area (Å²) in [6.45, 7) is 8.72. The van der Waals surface area contributed by atoms with E-state index in [1.165, 1.54) is 23.0 Å². The smallest absolute Gasteiger partial charge is 0.230 e. The van der Waals surface area contributed by atoms with Gasteiger partial charge in [0.2, 0.25) is 5.88 Å². The number of Topliss-reactive ketones (excluding diaryl/α,β-unsaturated/α-hetero) is 1. The molecule has 4 aromatic rings. The third-order valence-electron chi connectivity index (χ3n) is 7.75. The molecule has 0 radical (unpaired) electrons. The number of ketones is 1. The van der Waals surface area contributed by atoms with Crippen LogP contribution in [0, 0.1) is 12.3 Å². The summed E-state index contributed by atoms with van der Waals surface area (Å²) in [5, 5.41) is 0.699. The van der Waals surface area contributed by atoms with E-state index in [4.69, 9.17) is 19.2 Å². The number of ether oxygens (including phenoxy) is 3. The van der Waals surface area contributed by atoms with Gasteiger partial charge in [0.05, 0.1) is 31.2 Å². The number of carbonyl (C=O) groups excluding carboxylic acids is 1. The van der Waals surface area contributed by atoms with Crippen LogP contribution in [0.25, 0.3) is 10.9 Å². The number of fused-ring (bicyclic) bond motifs is 1. The molecule has 3 aromatic carbocycles. The molecule has 1 aromatic heterocycles. The van der Waals surface area contributed by atoms with Crippen molar-refractivity contribution in [1.82, 2.24) is 9.97 Å². The topological polar surface area (TPSA) is 82.9 Å². The fraction of sp³-hybridized carbons (Fsp3) is 0.333. The number of carbonyl (C=O) groups is 1. The first kappa shape index (κ1) is 30.0. The maximum atomic E-state index is 13.2. The highest BCUT2D eigenvalue weighted by Crippen LogP contribution is 2.37. The number of methoxy groups -OCH3 is 2. The molecule has 1 aliphatic heterocycles. The van der Waals surface area contributed by atoms with Crippen LogP contribution in [0.3, 0.4) is 0 Å². The molecule has 5 rings (SSSR count). The molecule has 2 heterocycles. The van der Waals surface area contributed by atoms with Crippen molar-refractivity contribution in [2.45, 2.75) is 59.4 Å². The number of benzene rings is 3. The van der Waals surface area contributed by atoms with Crippen LogP contribution in [0.15, 0.2) is 83.6 Å². The highest BCUT2D eigenvalue weighted by Gasteiger charge is 2.26. The largest absolute Gasteiger partial charge is 0.493 e. The van der Waals surface area contributed by atoms with E-state index >= 15 is 0 Å². The van der Waals surface area contributed by atoms with Crippen molar-refractivity contribution in [3.63, 3.8) is 0 Å². The normalized spacial score (nSPS) is 15.1. The zero-order valence-electron chi connectivity index (χ0n) is 25.8. The fourth-order valence-electron chi connectivity index (χ4n) is 5.36. The van der Waals surface area contributed by atoms with E-state index in [-0.39, 0.29) is 17.2 Å².